The topological polar surface area (TPSA) is 54.0 Å². The Bertz CT molecular complexity index is 428. The minimum Gasteiger partial charge on any atom is -0.373 e. The molecule has 4 heteroatoms. The average Bonchev–Trinajstić information content (AvgIpc) is 2.48. The second-order valence-corrected chi connectivity index (χ2v) is 5.12. The first-order valence-electron chi connectivity index (χ1n) is 7.61. The number of carbonyl (C=O) groups is 1. The number of amides is 1. The van der Waals surface area contributed by atoms with E-state index < -0.39 is 0 Å². The highest BCUT2D eigenvalue weighted by Gasteiger charge is 2.11. The van der Waals surface area contributed by atoms with Gasteiger partial charge in [0.15, 0.2) is 0 Å². The van der Waals surface area contributed by atoms with Gasteiger partial charge in [-0.05, 0) is 24.5 Å². The SMILES string of the molecule is CCCc1cc(C(=O)NCC(CC)CC)cc(NC)n1. The number of aryl methyl sites for hydroxylation is 1. The highest BCUT2D eigenvalue weighted by Crippen LogP contribution is 2.12. The molecule has 0 radical (unpaired) electrons. The zero-order valence-electron chi connectivity index (χ0n) is 13.1. The van der Waals surface area contributed by atoms with Crippen LogP contribution in [0.2, 0.25) is 0 Å². The molecule has 0 unspecified atom stereocenters. The van der Waals surface area contributed by atoms with Crippen molar-refractivity contribution in [2.24, 2.45) is 5.92 Å². The molecule has 1 aromatic heterocycles. The molecule has 0 bridgehead atoms. The number of anilines is 1. The van der Waals surface area contributed by atoms with E-state index >= 15 is 0 Å². The number of rotatable bonds is 8. The maximum atomic E-state index is 12.2. The third kappa shape index (κ3) is 4.83. The molecule has 0 spiro atoms. The summed E-state index contributed by atoms with van der Waals surface area (Å²) in [5, 5.41) is 6.04. The van der Waals surface area contributed by atoms with E-state index in [1.807, 2.05) is 13.1 Å². The van der Waals surface area contributed by atoms with Gasteiger partial charge in [0.1, 0.15) is 5.82 Å². The number of hydrogen-bond donors (Lipinski definition) is 2. The van der Waals surface area contributed by atoms with Crippen LogP contribution >= 0.6 is 0 Å². The normalized spacial score (nSPS) is 10.7. The van der Waals surface area contributed by atoms with E-state index in [1.54, 1.807) is 6.07 Å². The van der Waals surface area contributed by atoms with Crippen LogP contribution in [0.3, 0.4) is 0 Å². The van der Waals surface area contributed by atoms with Crippen molar-refractivity contribution in [2.75, 3.05) is 18.9 Å². The fraction of sp³-hybridized carbons (Fsp3) is 0.625. The number of aromatic nitrogens is 1. The predicted octanol–water partition coefficient (Wildman–Crippen LogP) is 3.24. The first-order chi connectivity index (χ1) is 9.64. The van der Waals surface area contributed by atoms with Crippen molar-refractivity contribution >= 4 is 11.7 Å². The van der Waals surface area contributed by atoms with Crippen LogP contribution in [-0.4, -0.2) is 24.5 Å². The van der Waals surface area contributed by atoms with E-state index in [9.17, 15) is 4.79 Å². The molecular formula is C16H27N3O. The molecule has 1 rings (SSSR count). The maximum Gasteiger partial charge on any atom is 0.251 e. The summed E-state index contributed by atoms with van der Waals surface area (Å²) in [6, 6.07) is 3.70. The Morgan fingerprint density at radius 1 is 1.25 bits per heavy atom. The Balaban J connectivity index is 2.78. The van der Waals surface area contributed by atoms with E-state index in [2.05, 4.69) is 36.4 Å². The fourth-order valence-corrected chi connectivity index (χ4v) is 2.15. The summed E-state index contributed by atoms with van der Waals surface area (Å²) in [6.07, 6.45) is 4.10. The van der Waals surface area contributed by atoms with Crippen LogP contribution in [0, 0.1) is 5.92 Å². The van der Waals surface area contributed by atoms with E-state index in [1.165, 1.54) is 0 Å². The average molecular weight is 277 g/mol. The van der Waals surface area contributed by atoms with Crippen molar-refractivity contribution in [3.8, 4) is 0 Å². The molecular weight excluding hydrogens is 250 g/mol. The lowest BCUT2D eigenvalue weighted by Crippen LogP contribution is -2.29. The summed E-state index contributed by atoms with van der Waals surface area (Å²) in [5.74, 6) is 1.30. The van der Waals surface area contributed by atoms with E-state index in [-0.39, 0.29) is 5.91 Å². The first-order valence-corrected chi connectivity index (χ1v) is 7.61. The number of nitrogens with one attached hydrogen (secondary N) is 2. The van der Waals surface area contributed by atoms with Gasteiger partial charge >= 0.3 is 0 Å². The van der Waals surface area contributed by atoms with Crippen molar-refractivity contribution in [3.05, 3.63) is 23.4 Å². The second-order valence-electron chi connectivity index (χ2n) is 5.12. The summed E-state index contributed by atoms with van der Waals surface area (Å²) in [6.45, 7) is 7.17. The van der Waals surface area contributed by atoms with Crippen molar-refractivity contribution in [3.63, 3.8) is 0 Å². The molecule has 0 saturated carbocycles. The zero-order valence-corrected chi connectivity index (χ0v) is 13.1. The molecule has 0 aliphatic carbocycles. The van der Waals surface area contributed by atoms with Gasteiger partial charge in [0.25, 0.3) is 5.91 Å². The molecule has 4 nitrogen and oxygen atoms in total. The molecule has 20 heavy (non-hydrogen) atoms. The summed E-state index contributed by atoms with van der Waals surface area (Å²) < 4.78 is 0. The van der Waals surface area contributed by atoms with E-state index in [0.717, 1.165) is 43.7 Å². The van der Waals surface area contributed by atoms with Crippen LogP contribution in [0.15, 0.2) is 12.1 Å². The van der Waals surface area contributed by atoms with Gasteiger partial charge in [-0.15, -0.1) is 0 Å². The maximum absolute atomic E-state index is 12.2. The first kappa shape index (κ1) is 16.5. The Kier molecular flexibility index (Phi) is 7.05. The third-order valence-electron chi connectivity index (χ3n) is 3.61. The molecule has 0 aromatic carbocycles. The Hall–Kier alpha value is -1.58. The van der Waals surface area contributed by atoms with Gasteiger partial charge in [0, 0.05) is 24.8 Å². The second kappa shape index (κ2) is 8.56. The lowest BCUT2D eigenvalue weighted by molar-refractivity contribution is 0.0946. The van der Waals surface area contributed by atoms with Gasteiger partial charge < -0.3 is 10.6 Å². The molecule has 1 amide bonds. The van der Waals surface area contributed by atoms with Crippen LogP contribution in [-0.2, 0) is 6.42 Å². The molecule has 0 fully saturated rings. The van der Waals surface area contributed by atoms with E-state index in [0.29, 0.717) is 11.5 Å². The lowest BCUT2D eigenvalue weighted by Gasteiger charge is -2.14. The molecule has 0 saturated heterocycles. The lowest BCUT2D eigenvalue weighted by atomic mass is 10.0. The van der Waals surface area contributed by atoms with Gasteiger partial charge in [0.05, 0.1) is 0 Å². The van der Waals surface area contributed by atoms with Crippen molar-refractivity contribution in [1.29, 1.82) is 0 Å². The van der Waals surface area contributed by atoms with Gasteiger partial charge in [-0.3, -0.25) is 4.79 Å². The Morgan fingerprint density at radius 2 is 1.95 bits per heavy atom. The van der Waals surface area contributed by atoms with Crippen LogP contribution in [0.25, 0.3) is 0 Å². The van der Waals surface area contributed by atoms with Gasteiger partial charge in [-0.25, -0.2) is 4.98 Å². The molecule has 1 heterocycles. The monoisotopic (exact) mass is 277 g/mol. The summed E-state index contributed by atoms with van der Waals surface area (Å²) in [7, 11) is 1.82. The van der Waals surface area contributed by atoms with E-state index in [4.69, 9.17) is 0 Å². The number of pyridine rings is 1. The van der Waals surface area contributed by atoms with Crippen LogP contribution in [0.5, 0.6) is 0 Å². The quantitative estimate of drug-likeness (QED) is 0.767. The fourth-order valence-electron chi connectivity index (χ4n) is 2.15. The molecule has 2 N–H and O–H groups in total. The van der Waals surface area contributed by atoms with Crippen molar-refractivity contribution in [2.45, 2.75) is 46.5 Å². The minimum atomic E-state index is -0.00634. The largest absolute Gasteiger partial charge is 0.373 e. The highest BCUT2D eigenvalue weighted by atomic mass is 16.1. The zero-order chi connectivity index (χ0) is 15.0. The smallest absolute Gasteiger partial charge is 0.251 e. The Labute approximate surface area is 122 Å². The molecule has 112 valence electrons. The molecule has 0 aliphatic rings. The standard InChI is InChI=1S/C16H27N3O/c1-5-8-14-9-13(10-15(17-4)19-14)16(20)18-11-12(6-2)7-3/h9-10,12H,5-8,11H2,1-4H3,(H,17,19)(H,18,20). The van der Waals surface area contributed by atoms with Crippen molar-refractivity contribution < 1.29 is 4.79 Å². The Morgan fingerprint density at radius 3 is 2.50 bits per heavy atom. The number of carbonyl (C=O) groups excluding carboxylic acids is 1. The van der Waals surface area contributed by atoms with Gasteiger partial charge in [-0.1, -0.05) is 40.0 Å². The van der Waals surface area contributed by atoms with Gasteiger partial charge in [-0.2, -0.15) is 0 Å². The molecule has 0 atom stereocenters. The number of nitrogens with zero attached hydrogens (tertiary/aromatic N) is 1. The summed E-state index contributed by atoms with van der Waals surface area (Å²) in [4.78, 5) is 16.7. The van der Waals surface area contributed by atoms with Crippen molar-refractivity contribution in [1.82, 2.24) is 10.3 Å². The van der Waals surface area contributed by atoms with Crippen LogP contribution < -0.4 is 10.6 Å². The highest BCUT2D eigenvalue weighted by molar-refractivity contribution is 5.95. The minimum absolute atomic E-state index is 0.00634. The van der Waals surface area contributed by atoms with Crippen LogP contribution in [0.4, 0.5) is 5.82 Å². The number of hydrogen-bond acceptors (Lipinski definition) is 3. The molecule has 0 aliphatic heterocycles. The van der Waals surface area contributed by atoms with Gasteiger partial charge in [0.2, 0.25) is 0 Å². The summed E-state index contributed by atoms with van der Waals surface area (Å²) in [5.41, 5.74) is 1.66. The predicted molar refractivity (Wildman–Crippen MR) is 84.2 cm³/mol. The summed E-state index contributed by atoms with van der Waals surface area (Å²) >= 11 is 0. The van der Waals surface area contributed by atoms with Crippen LogP contribution in [0.1, 0.15) is 56.1 Å². The molecule has 1 aromatic rings. The third-order valence-corrected chi connectivity index (χ3v) is 3.61.